The number of aliphatic carboxylic acids is 1. The van der Waals surface area contributed by atoms with Gasteiger partial charge in [-0.2, -0.15) is 0 Å². The summed E-state index contributed by atoms with van der Waals surface area (Å²) in [5, 5.41) is 11.2. The summed E-state index contributed by atoms with van der Waals surface area (Å²) in [6.07, 6.45) is 0. The molecule has 0 bridgehead atoms. The van der Waals surface area contributed by atoms with Gasteiger partial charge in [0, 0.05) is 6.54 Å². The number of carbonyl (C=O) groups is 3. The Hall–Kier alpha value is -2.77. The number of hydrogen-bond acceptors (Lipinski definition) is 4. The lowest BCUT2D eigenvalue weighted by atomic mass is 10.2. The maximum Gasteiger partial charge on any atom is 0.323 e. The summed E-state index contributed by atoms with van der Waals surface area (Å²) in [5.41, 5.74) is 5.78. The lowest BCUT2D eigenvalue weighted by Gasteiger charge is -2.19. The molecule has 0 spiro atoms. The Balaban J connectivity index is 2.59. The highest BCUT2D eigenvalue weighted by Gasteiger charge is 2.18. The number of methoxy groups -OCH3 is 1. The first kappa shape index (κ1) is 16.3. The third-order valence-corrected chi connectivity index (χ3v) is 2.56. The molecule has 1 aromatic rings. The second-order valence-corrected chi connectivity index (χ2v) is 4.22. The van der Waals surface area contributed by atoms with Crippen LogP contribution in [0, 0.1) is 0 Å². The molecule has 8 nitrogen and oxygen atoms in total. The molecule has 3 amide bonds. The molecule has 21 heavy (non-hydrogen) atoms. The van der Waals surface area contributed by atoms with Crippen LogP contribution < -0.4 is 15.8 Å². The Kier molecular flexibility index (Phi) is 5.99. The van der Waals surface area contributed by atoms with Gasteiger partial charge in [0.15, 0.2) is 0 Å². The van der Waals surface area contributed by atoms with E-state index in [2.05, 4.69) is 5.32 Å². The molecule has 114 valence electrons. The minimum absolute atomic E-state index is 0.192. The molecular weight excluding hydrogens is 278 g/mol. The number of urea groups is 1. The van der Waals surface area contributed by atoms with Gasteiger partial charge in [-0.1, -0.05) is 12.1 Å². The van der Waals surface area contributed by atoms with Crippen LogP contribution >= 0.6 is 0 Å². The van der Waals surface area contributed by atoms with Crippen molar-refractivity contribution in [2.24, 2.45) is 5.73 Å². The predicted molar refractivity (Wildman–Crippen MR) is 73.6 cm³/mol. The van der Waals surface area contributed by atoms with Gasteiger partial charge >= 0.3 is 12.0 Å². The van der Waals surface area contributed by atoms with Gasteiger partial charge in [-0.25, -0.2) is 4.79 Å². The van der Waals surface area contributed by atoms with Gasteiger partial charge in [-0.05, 0) is 17.7 Å². The van der Waals surface area contributed by atoms with E-state index >= 15 is 0 Å². The minimum Gasteiger partial charge on any atom is -0.497 e. The fourth-order valence-corrected chi connectivity index (χ4v) is 1.58. The standard InChI is InChI=1S/C13H17N3O5/c1-21-10-4-2-9(3-5-10)6-15-13(20)16(7-11(14)17)8-12(18)19/h2-5H,6-8H2,1H3,(H2,14,17)(H,15,20)(H,18,19). The van der Waals surface area contributed by atoms with Gasteiger partial charge in [0.1, 0.15) is 18.8 Å². The van der Waals surface area contributed by atoms with E-state index in [1.165, 1.54) is 0 Å². The van der Waals surface area contributed by atoms with E-state index in [9.17, 15) is 14.4 Å². The third kappa shape index (κ3) is 5.81. The Morgan fingerprint density at radius 3 is 2.33 bits per heavy atom. The first-order chi connectivity index (χ1) is 9.92. The predicted octanol–water partition coefficient (Wildman–Crippen LogP) is -0.223. The van der Waals surface area contributed by atoms with E-state index in [-0.39, 0.29) is 6.54 Å². The van der Waals surface area contributed by atoms with Crippen LogP contribution in [0.1, 0.15) is 5.56 Å². The molecule has 1 rings (SSSR count). The molecule has 0 atom stereocenters. The average molecular weight is 295 g/mol. The molecule has 8 heteroatoms. The van der Waals surface area contributed by atoms with Crippen molar-refractivity contribution in [3.05, 3.63) is 29.8 Å². The maximum atomic E-state index is 11.8. The molecule has 0 fully saturated rings. The first-order valence-electron chi connectivity index (χ1n) is 6.08. The van der Waals surface area contributed by atoms with Gasteiger partial charge in [-0.3, -0.25) is 9.59 Å². The number of carboxylic acid groups (broad SMARTS) is 1. The van der Waals surface area contributed by atoms with E-state index in [0.29, 0.717) is 5.75 Å². The Morgan fingerprint density at radius 1 is 1.24 bits per heavy atom. The van der Waals surface area contributed by atoms with Crippen molar-refractivity contribution in [1.29, 1.82) is 0 Å². The number of hydrogen-bond donors (Lipinski definition) is 3. The summed E-state index contributed by atoms with van der Waals surface area (Å²) in [4.78, 5) is 34.1. The number of benzene rings is 1. The fourth-order valence-electron chi connectivity index (χ4n) is 1.58. The lowest BCUT2D eigenvalue weighted by molar-refractivity contribution is -0.137. The number of ether oxygens (including phenoxy) is 1. The van der Waals surface area contributed by atoms with Crippen LogP contribution in [0.5, 0.6) is 5.75 Å². The van der Waals surface area contributed by atoms with E-state index in [1.54, 1.807) is 31.4 Å². The van der Waals surface area contributed by atoms with E-state index < -0.39 is 31.0 Å². The summed E-state index contributed by atoms with van der Waals surface area (Å²) < 4.78 is 5.01. The first-order valence-corrected chi connectivity index (χ1v) is 6.08. The van der Waals surface area contributed by atoms with E-state index in [0.717, 1.165) is 10.5 Å². The third-order valence-electron chi connectivity index (χ3n) is 2.56. The molecule has 0 radical (unpaired) electrons. The topological polar surface area (TPSA) is 122 Å². The van der Waals surface area contributed by atoms with Gasteiger partial charge in [0.25, 0.3) is 0 Å². The number of nitrogens with zero attached hydrogens (tertiary/aromatic N) is 1. The fraction of sp³-hybridized carbons (Fsp3) is 0.308. The summed E-state index contributed by atoms with van der Waals surface area (Å²) >= 11 is 0. The van der Waals surface area contributed by atoms with Crippen LogP contribution in [0.4, 0.5) is 4.79 Å². The van der Waals surface area contributed by atoms with E-state index in [1.807, 2.05) is 0 Å². The Morgan fingerprint density at radius 2 is 1.86 bits per heavy atom. The van der Waals surface area contributed by atoms with Crippen molar-refractivity contribution >= 4 is 17.9 Å². The number of nitrogens with two attached hydrogens (primary N) is 1. The van der Waals surface area contributed by atoms with Gasteiger partial charge in [0.2, 0.25) is 5.91 Å². The zero-order valence-corrected chi connectivity index (χ0v) is 11.5. The van der Waals surface area contributed by atoms with Gasteiger partial charge in [0.05, 0.1) is 7.11 Å². The van der Waals surface area contributed by atoms with Crippen molar-refractivity contribution < 1.29 is 24.2 Å². The zero-order valence-electron chi connectivity index (χ0n) is 11.5. The second-order valence-electron chi connectivity index (χ2n) is 4.22. The van der Waals surface area contributed by atoms with Crippen molar-refractivity contribution in [2.75, 3.05) is 20.2 Å². The summed E-state index contributed by atoms with van der Waals surface area (Å²) in [6.45, 7) is -0.865. The molecule has 0 aromatic heterocycles. The van der Waals surface area contributed by atoms with Crippen LogP contribution in [0.3, 0.4) is 0 Å². The molecule has 1 aromatic carbocycles. The average Bonchev–Trinajstić information content (AvgIpc) is 2.43. The molecule has 0 saturated carbocycles. The highest BCUT2D eigenvalue weighted by atomic mass is 16.5. The van der Waals surface area contributed by atoms with Crippen LogP contribution in [-0.4, -0.2) is 48.1 Å². The number of carbonyl (C=O) groups excluding carboxylic acids is 2. The SMILES string of the molecule is COc1ccc(CNC(=O)N(CC(N)=O)CC(=O)O)cc1. The Labute approximate surface area is 121 Å². The highest BCUT2D eigenvalue weighted by molar-refractivity contribution is 5.85. The second kappa shape index (κ2) is 7.73. The van der Waals surface area contributed by atoms with Crippen LogP contribution in [0.15, 0.2) is 24.3 Å². The quantitative estimate of drug-likeness (QED) is 0.641. The summed E-state index contributed by atoms with van der Waals surface area (Å²) in [7, 11) is 1.55. The van der Waals surface area contributed by atoms with Gasteiger partial charge < -0.3 is 25.8 Å². The van der Waals surface area contributed by atoms with Crippen molar-refractivity contribution in [2.45, 2.75) is 6.54 Å². The molecule has 0 aliphatic rings. The number of carboxylic acids is 1. The molecule has 0 aliphatic carbocycles. The molecule has 0 saturated heterocycles. The number of amides is 3. The normalized spacial score (nSPS) is 9.76. The smallest absolute Gasteiger partial charge is 0.323 e. The summed E-state index contributed by atoms with van der Waals surface area (Å²) in [5.74, 6) is -1.32. The van der Waals surface area contributed by atoms with Crippen molar-refractivity contribution in [3.63, 3.8) is 0 Å². The highest BCUT2D eigenvalue weighted by Crippen LogP contribution is 2.10. The molecule has 0 heterocycles. The molecule has 4 N–H and O–H groups in total. The van der Waals surface area contributed by atoms with E-state index in [4.69, 9.17) is 15.6 Å². The maximum absolute atomic E-state index is 11.8. The molecule has 0 unspecified atom stereocenters. The monoisotopic (exact) mass is 295 g/mol. The Bertz CT molecular complexity index is 499. The van der Waals surface area contributed by atoms with Crippen molar-refractivity contribution in [3.8, 4) is 5.75 Å². The van der Waals surface area contributed by atoms with Crippen molar-refractivity contribution in [1.82, 2.24) is 10.2 Å². The molecular formula is C13H17N3O5. The van der Waals surface area contributed by atoms with Crippen LogP contribution in [-0.2, 0) is 16.1 Å². The van der Waals surface area contributed by atoms with Crippen LogP contribution in [0.2, 0.25) is 0 Å². The number of rotatable bonds is 7. The molecule has 0 aliphatic heterocycles. The number of primary amides is 1. The van der Waals surface area contributed by atoms with Crippen LogP contribution in [0.25, 0.3) is 0 Å². The largest absolute Gasteiger partial charge is 0.497 e. The zero-order chi connectivity index (χ0) is 15.8. The number of nitrogens with one attached hydrogen (secondary N) is 1. The lowest BCUT2D eigenvalue weighted by Crippen LogP contribution is -2.46. The summed E-state index contributed by atoms with van der Waals surface area (Å²) in [6, 6.07) is 6.32. The minimum atomic E-state index is -1.23. The van der Waals surface area contributed by atoms with Gasteiger partial charge in [-0.15, -0.1) is 0 Å².